The van der Waals surface area contributed by atoms with Gasteiger partial charge < -0.3 is 14.7 Å². The van der Waals surface area contributed by atoms with Crippen LogP contribution in [0.25, 0.3) is 17.8 Å². The van der Waals surface area contributed by atoms with Crippen molar-refractivity contribution in [3.05, 3.63) is 108 Å². The average Bonchev–Trinajstić information content (AvgIpc) is 3.31. The minimum absolute atomic E-state index is 0.151. The van der Waals surface area contributed by atoms with Crippen molar-refractivity contribution in [3.8, 4) is 5.69 Å². The first-order valence-electron chi connectivity index (χ1n) is 9.41. The summed E-state index contributed by atoms with van der Waals surface area (Å²) in [4.78, 5) is 26.7. The van der Waals surface area contributed by atoms with Crippen LogP contribution in [0.3, 0.4) is 0 Å². The molecule has 2 aromatic carbocycles. The summed E-state index contributed by atoms with van der Waals surface area (Å²) in [5, 5.41) is 9.24. The van der Waals surface area contributed by atoms with Crippen LogP contribution in [0.4, 0.5) is 0 Å². The monoisotopic (exact) mass is 416 g/mol. The first kappa shape index (κ1) is 19.7. The molecule has 2 N–H and O–H groups in total. The maximum absolute atomic E-state index is 12.5. The van der Waals surface area contributed by atoms with Gasteiger partial charge in [0.25, 0.3) is 5.56 Å². The van der Waals surface area contributed by atoms with Crippen LogP contribution in [-0.2, 0) is 0 Å². The Bertz CT molecular complexity index is 1420. The number of nitrogens with one attached hydrogen (secondary N) is 1. The molecule has 5 nitrogen and oxygen atoms in total. The highest BCUT2D eigenvalue weighted by Crippen LogP contribution is 2.15. The van der Waals surface area contributed by atoms with E-state index in [0.29, 0.717) is 4.53 Å². The molecule has 2 aromatic heterocycles. The molecule has 150 valence electrons. The summed E-state index contributed by atoms with van der Waals surface area (Å²) in [7, 11) is 0. The Labute approximate surface area is 176 Å². The summed E-state index contributed by atoms with van der Waals surface area (Å²) < 4.78 is 3.22. The lowest BCUT2D eigenvalue weighted by atomic mass is 10.1. The van der Waals surface area contributed by atoms with Crippen molar-refractivity contribution in [3.63, 3.8) is 0 Å². The maximum Gasteiger partial charge on any atom is 0.335 e. The Balaban J connectivity index is 1.76. The van der Waals surface area contributed by atoms with Gasteiger partial charge in [-0.15, -0.1) is 11.3 Å². The van der Waals surface area contributed by atoms with E-state index in [4.69, 9.17) is 0 Å². The van der Waals surface area contributed by atoms with E-state index < -0.39 is 5.97 Å². The molecule has 4 aromatic rings. The van der Waals surface area contributed by atoms with Gasteiger partial charge in [0.15, 0.2) is 0 Å². The fraction of sp³-hybridized carbons (Fsp3) is 0.0833. The van der Waals surface area contributed by atoms with E-state index in [2.05, 4.69) is 31.0 Å². The molecule has 4 rings (SSSR count). The van der Waals surface area contributed by atoms with Gasteiger partial charge in [-0.3, -0.25) is 4.79 Å². The second kappa shape index (κ2) is 8.00. The van der Waals surface area contributed by atoms with Crippen LogP contribution >= 0.6 is 11.3 Å². The van der Waals surface area contributed by atoms with Gasteiger partial charge in [-0.25, -0.2) is 4.79 Å². The molecular weight excluding hydrogens is 396 g/mol. The second-order valence-electron chi connectivity index (χ2n) is 7.08. The van der Waals surface area contributed by atoms with Crippen LogP contribution in [0.2, 0.25) is 0 Å². The summed E-state index contributed by atoms with van der Waals surface area (Å²) in [5.41, 5.74) is 5.05. The number of rotatable bonds is 4. The van der Waals surface area contributed by atoms with Crippen LogP contribution in [0.5, 0.6) is 0 Å². The Hall–Kier alpha value is -3.64. The van der Waals surface area contributed by atoms with Gasteiger partial charge in [0.1, 0.15) is 0 Å². The molecule has 0 radical (unpaired) electrons. The largest absolute Gasteiger partial charge is 0.478 e. The number of nitrogens with zero attached hydrogens (tertiary/aromatic N) is 1. The molecule has 0 bridgehead atoms. The number of carbonyl (C=O) groups is 1. The molecule has 6 heteroatoms. The molecule has 30 heavy (non-hydrogen) atoms. The van der Waals surface area contributed by atoms with Gasteiger partial charge in [0.2, 0.25) is 0 Å². The third kappa shape index (κ3) is 4.04. The summed E-state index contributed by atoms with van der Waals surface area (Å²) in [6, 6.07) is 16.6. The molecule has 0 amide bonds. The van der Waals surface area contributed by atoms with Crippen LogP contribution in [0, 0.1) is 13.8 Å². The highest BCUT2D eigenvalue weighted by molar-refractivity contribution is 7.07. The quantitative estimate of drug-likeness (QED) is 0.537. The van der Waals surface area contributed by atoms with Crippen LogP contribution in [0.15, 0.2) is 65.6 Å². The lowest BCUT2D eigenvalue weighted by molar-refractivity contribution is 0.0697. The highest BCUT2D eigenvalue weighted by Gasteiger charge is 2.07. The van der Waals surface area contributed by atoms with Crippen LogP contribution in [-0.4, -0.2) is 20.6 Å². The Morgan fingerprint density at radius 1 is 1.03 bits per heavy atom. The van der Waals surface area contributed by atoms with Gasteiger partial charge in [0, 0.05) is 17.6 Å². The van der Waals surface area contributed by atoms with E-state index in [-0.39, 0.29) is 11.1 Å². The first-order chi connectivity index (χ1) is 14.4. The number of benzene rings is 2. The van der Waals surface area contributed by atoms with E-state index in [1.165, 1.54) is 22.5 Å². The molecule has 0 saturated heterocycles. The lowest BCUT2D eigenvalue weighted by Gasteiger charge is -2.07. The third-order valence-electron chi connectivity index (χ3n) is 4.94. The molecule has 0 aliphatic carbocycles. The molecule has 0 saturated carbocycles. The molecule has 0 atom stereocenters. The van der Waals surface area contributed by atoms with Gasteiger partial charge >= 0.3 is 5.97 Å². The highest BCUT2D eigenvalue weighted by atomic mass is 32.1. The fourth-order valence-electron chi connectivity index (χ4n) is 3.20. The van der Waals surface area contributed by atoms with Crippen molar-refractivity contribution < 1.29 is 9.90 Å². The third-order valence-corrected chi connectivity index (χ3v) is 5.90. The van der Waals surface area contributed by atoms with E-state index in [9.17, 15) is 14.7 Å². The molecule has 2 heterocycles. The van der Waals surface area contributed by atoms with Gasteiger partial charge in [-0.05, 0) is 73.0 Å². The minimum atomic E-state index is -0.976. The maximum atomic E-state index is 12.5. The van der Waals surface area contributed by atoms with Crippen molar-refractivity contribution in [1.82, 2.24) is 9.55 Å². The smallest absolute Gasteiger partial charge is 0.335 e. The summed E-state index contributed by atoms with van der Waals surface area (Å²) in [6.45, 7) is 4.14. The predicted octanol–water partition coefficient (Wildman–Crippen LogP) is 3.20. The van der Waals surface area contributed by atoms with Crippen molar-refractivity contribution in [1.29, 1.82) is 0 Å². The number of hydrogen-bond donors (Lipinski definition) is 2. The number of aromatic nitrogens is 2. The van der Waals surface area contributed by atoms with Crippen LogP contribution < -0.4 is 14.8 Å². The van der Waals surface area contributed by atoms with E-state index in [1.54, 1.807) is 18.2 Å². The normalized spacial score (nSPS) is 12.5. The minimum Gasteiger partial charge on any atom is -0.478 e. The summed E-state index contributed by atoms with van der Waals surface area (Å²) in [5.74, 6) is -0.976. The molecular formula is C24H20N2O3S. The topological polar surface area (TPSA) is 75.1 Å². The van der Waals surface area contributed by atoms with E-state index in [0.717, 1.165) is 21.6 Å². The van der Waals surface area contributed by atoms with Crippen molar-refractivity contribution in [2.75, 3.05) is 0 Å². The molecule has 0 unspecified atom stereocenters. The molecule has 0 spiro atoms. The zero-order chi connectivity index (χ0) is 21.3. The predicted molar refractivity (Wildman–Crippen MR) is 120 cm³/mol. The first-order valence-corrected chi connectivity index (χ1v) is 10.2. The number of carboxylic acids is 1. The Morgan fingerprint density at radius 2 is 1.87 bits per heavy atom. The van der Waals surface area contributed by atoms with Gasteiger partial charge in [0.05, 0.1) is 14.8 Å². The van der Waals surface area contributed by atoms with Gasteiger partial charge in [-0.2, -0.15) is 0 Å². The van der Waals surface area contributed by atoms with Crippen molar-refractivity contribution in [2.24, 2.45) is 0 Å². The average molecular weight is 417 g/mol. The number of H-pyrrole nitrogens is 1. The fourth-order valence-corrected chi connectivity index (χ4v) is 4.10. The molecule has 0 fully saturated rings. The Kier molecular flexibility index (Phi) is 5.25. The zero-order valence-electron chi connectivity index (χ0n) is 16.5. The number of aromatic carboxylic acids is 1. The second-order valence-corrected chi connectivity index (χ2v) is 8.16. The number of carboxylic acid groups (broad SMARTS) is 1. The van der Waals surface area contributed by atoms with E-state index in [1.807, 2.05) is 47.2 Å². The van der Waals surface area contributed by atoms with Crippen molar-refractivity contribution in [2.45, 2.75) is 13.8 Å². The number of aromatic amines is 1. The Morgan fingerprint density at radius 3 is 2.63 bits per heavy atom. The van der Waals surface area contributed by atoms with Crippen molar-refractivity contribution >= 4 is 29.5 Å². The number of hydrogen-bond acceptors (Lipinski definition) is 3. The summed E-state index contributed by atoms with van der Waals surface area (Å²) >= 11 is 1.39. The standard InChI is InChI=1S/C24H20N2O3S/c1-15-8-9-17(11-16(15)2)12-22-25-23(27)21(30-22)14-20-7-4-10-26(20)19-6-3-5-18(13-19)24(28)29/h3-14H,1-2H3,(H,25,27)(H,28,29)/b21-14-,22-12-. The molecule has 0 aliphatic heterocycles. The van der Waals surface area contributed by atoms with Crippen LogP contribution in [0.1, 0.15) is 32.7 Å². The van der Waals surface area contributed by atoms with E-state index >= 15 is 0 Å². The number of thiazole rings is 1. The SMILES string of the molecule is Cc1ccc(/C=c2/[nH]c(=O)/c(=C/c3cccn3-c3cccc(C(=O)O)c3)s2)cc1C. The summed E-state index contributed by atoms with van der Waals surface area (Å²) in [6.07, 6.45) is 5.62. The number of aryl methyl sites for hydroxylation is 2. The van der Waals surface area contributed by atoms with Gasteiger partial charge in [-0.1, -0.05) is 24.3 Å². The molecule has 0 aliphatic rings. The lowest BCUT2D eigenvalue weighted by Crippen LogP contribution is -2.20. The zero-order valence-corrected chi connectivity index (χ0v) is 17.4.